The molecular formula is C6H13NO3. The Morgan fingerprint density at radius 1 is 1.90 bits per heavy atom. The smallest absolute Gasteiger partial charge is 0.332 e. The summed E-state index contributed by atoms with van der Waals surface area (Å²) in [5.41, 5.74) is 0. The predicted octanol–water partition coefficient (Wildman–Crippen LogP) is 0.606. The van der Waals surface area contributed by atoms with E-state index >= 15 is 0 Å². The van der Waals surface area contributed by atoms with Gasteiger partial charge in [-0.05, 0) is 0 Å². The minimum Gasteiger partial charge on any atom is -0.433 e. The maximum Gasteiger partial charge on any atom is 0.332 e. The van der Waals surface area contributed by atoms with Gasteiger partial charge in [0.25, 0.3) is 0 Å². The molecule has 0 amide bonds. The zero-order valence-electron chi connectivity index (χ0n) is 6.04. The van der Waals surface area contributed by atoms with E-state index in [1.165, 1.54) is 0 Å². The maximum absolute atomic E-state index is 10.3. The number of carbonyl (C=O) groups excluding carboxylic acids is 1. The Hall–Kier alpha value is -0.870. The molecule has 0 saturated heterocycles. The number of aliphatic hydroxyl groups excluding tert-OH is 1. The fraction of sp³-hybridized carbons (Fsp3) is 0.500. The third kappa shape index (κ3) is 5.27. The van der Waals surface area contributed by atoms with Gasteiger partial charge in [-0.15, -0.1) is 0 Å². The highest BCUT2D eigenvalue weighted by Crippen LogP contribution is 1.92. The van der Waals surface area contributed by atoms with Crippen molar-refractivity contribution in [1.29, 1.82) is 0 Å². The van der Waals surface area contributed by atoms with Crippen LogP contribution in [0.4, 0.5) is 0 Å². The van der Waals surface area contributed by atoms with Crippen LogP contribution in [-0.4, -0.2) is 17.4 Å². The summed E-state index contributed by atoms with van der Waals surface area (Å²) < 4.78 is 4.35. The average molecular weight is 147 g/mol. The molecule has 0 aliphatic carbocycles. The molecule has 0 saturated carbocycles. The van der Waals surface area contributed by atoms with Gasteiger partial charge in [0.05, 0.1) is 0 Å². The Balaban J connectivity index is 0. The Bertz CT molecular complexity index is 114. The van der Waals surface area contributed by atoms with Crippen LogP contribution in [0.2, 0.25) is 0 Å². The topological polar surface area (TPSA) is 81.5 Å². The minimum absolute atomic E-state index is 0. The van der Waals surface area contributed by atoms with E-state index in [2.05, 4.69) is 11.3 Å². The van der Waals surface area contributed by atoms with Crippen molar-refractivity contribution in [2.75, 3.05) is 0 Å². The quantitative estimate of drug-likeness (QED) is 0.348. The van der Waals surface area contributed by atoms with Crippen molar-refractivity contribution in [3.05, 3.63) is 12.7 Å². The van der Waals surface area contributed by atoms with Crippen molar-refractivity contribution >= 4 is 5.97 Å². The lowest BCUT2D eigenvalue weighted by Crippen LogP contribution is -2.14. The van der Waals surface area contributed by atoms with E-state index in [1.54, 1.807) is 6.92 Å². The van der Waals surface area contributed by atoms with Crippen LogP contribution in [0.25, 0.3) is 0 Å². The van der Waals surface area contributed by atoms with Crippen LogP contribution < -0.4 is 6.15 Å². The second kappa shape index (κ2) is 6.25. The molecule has 0 rings (SSSR count). The summed E-state index contributed by atoms with van der Waals surface area (Å²) in [6, 6.07) is 0. The van der Waals surface area contributed by atoms with Gasteiger partial charge in [-0.3, -0.25) is 0 Å². The molecular weight excluding hydrogens is 134 g/mol. The Kier molecular flexibility index (Phi) is 7.42. The molecule has 0 aliphatic heterocycles. The van der Waals surface area contributed by atoms with Gasteiger partial charge in [0, 0.05) is 12.5 Å². The SMILES string of the molecule is C=CC(=O)OC(O)CC.N. The number of hydrogen-bond donors (Lipinski definition) is 2. The third-order valence-electron chi connectivity index (χ3n) is 0.768. The van der Waals surface area contributed by atoms with Crippen LogP contribution >= 0.6 is 0 Å². The first kappa shape index (κ1) is 11.9. The lowest BCUT2D eigenvalue weighted by Gasteiger charge is -2.05. The molecule has 4 heteroatoms. The molecule has 0 radical (unpaired) electrons. The van der Waals surface area contributed by atoms with Gasteiger partial charge in [-0.1, -0.05) is 13.5 Å². The molecule has 60 valence electrons. The number of aliphatic hydroxyl groups is 1. The van der Waals surface area contributed by atoms with Crippen molar-refractivity contribution in [3.8, 4) is 0 Å². The van der Waals surface area contributed by atoms with Gasteiger partial charge in [0.1, 0.15) is 0 Å². The maximum atomic E-state index is 10.3. The number of esters is 1. The van der Waals surface area contributed by atoms with E-state index in [0.29, 0.717) is 6.42 Å². The zero-order valence-corrected chi connectivity index (χ0v) is 6.04. The van der Waals surface area contributed by atoms with E-state index in [9.17, 15) is 4.79 Å². The molecule has 0 heterocycles. The lowest BCUT2D eigenvalue weighted by molar-refractivity contribution is -0.161. The normalized spacial score (nSPS) is 11.0. The summed E-state index contributed by atoms with van der Waals surface area (Å²) in [5, 5.41) is 8.67. The van der Waals surface area contributed by atoms with Crippen molar-refractivity contribution < 1.29 is 14.6 Å². The Morgan fingerprint density at radius 3 is 2.70 bits per heavy atom. The average Bonchev–Trinajstić information content (AvgIpc) is 1.87. The summed E-state index contributed by atoms with van der Waals surface area (Å²) in [4.78, 5) is 10.3. The highest BCUT2D eigenvalue weighted by molar-refractivity contribution is 5.81. The zero-order chi connectivity index (χ0) is 7.28. The fourth-order valence-electron chi connectivity index (χ4n) is 0.266. The Morgan fingerprint density at radius 2 is 2.40 bits per heavy atom. The second-order valence-electron chi connectivity index (χ2n) is 1.50. The molecule has 0 spiro atoms. The summed E-state index contributed by atoms with van der Waals surface area (Å²) in [6.45, 7) is 4.87. The molecule has 4 nitrogen and oxygen atoms in total. The van der Waals surface area contributed by atoms with Crippen LogP contribution in [0.15, 0.2) is 12.7 Å². The van der Waals surface area contributed by atoms with Crippen molar-refractivity contribution in [3.63, 3.8) is 0 Å². The first-order valence-electron chi connectivity index (χ1n) is 2.71. The second-order valence-corrected chi connectivity index (χ2v) is 1.50. The van der Waals surface area contributed by atoms with Gasteiger partial charge < -0.3 is 16.0 Å². The van der Waals surface area contributed by atoms with Gasteiger partial charge >= 0.3 is 5.97 Å². The fourth-order valence-corrected chi connectivity index (χ4v) is 0.266. The van der Waals surface area contributed by atoms with E-state index < -0.39 is 12.3 Å². The van der Waals surface area contributed by atoms with E-state index in [0.717, 1.165) is 6.08 Å². The molecule has 0 aromatic carbocycles. The molecule has 1 unspecified atom stereocenters. The number of hydrogen-bond acceptors (Lipinski definition) is 4. The summed E-state index contributed by atoms with van der Waals surface area (Å²) in [6.07, 6.45) is 0.425. The summed E-state index contributed by atoms with van der Waals surface area (Å²) >= 11 is 0. The largest absolute Gasteiger partial charge is 0.433 e. The molecule has 0 aliphatic rings. The molecule has 0 bridgehead atoms. The van der Waals surface area contributed by atoms with Crippen molar-refractivity contribution in [1.82, 2.24) is 6.15 Å². The molecule has 0 fully saturated rings. The monoisotopic (exact) mass is 147 g/mol. The summed E-state index contributed by atoms with van der Waals surface area (Å²) in [7, 11) is 0. The molecule has 1 atom stereocenters. The first-order chi connectivity index (χ1) is 4.20. The van der Waals surface area contributed by atoms with Gasteiger partial charge in [0.2, 0.25) is 6.29 Å². The molecule has 0 aromatic rings. The molecule has 0 aromatic heterocycles. The highest BCUT2D eigenvalue weighted by Gasteiger charge is 2.02. The highest BCUT2D eigenvalue weighted by atomic mass is 16.6. The predicted molar refractivity (Wildman–Crippen MR) is 37.6 cm³/mol. The van der Waals surface area contributed by atoms with E-state index in [1.807, 2.05) is 0 Å². The minimum atomic E-state index is -0.990. The van der Waals surface area contributed by atoms with Gasteiger partial charge in [-0.2, -0.15) is 0 Å². The first-order valence-corrected chi connectivity index (χ1v) is 2.71. The van der Waals surface area contributed by atoms with Gasteiger partial charge in [-0.25, -0.2) is 4.79 Å². The number of ether oxygens (including phenoxy) is 1. The lowest BCUT2D eigenvalue weighted by atomic mass is 10.5. The van der Waals surface area contributed by atoms with Crippen molar-refractivity contribution in [2.45, 2.75) is 19.6 Å². The van der Waals surface area contributed by atoms with Crippen LogP contribution in [-0.2, 0) is 9.53 Å². The Labute approximate surface area is 60.1 Å². The summed E-state index contributed by atoms with van der Waals surface area (Å²) in [5.74, 6) is -0.593. The van der Waals surface area contributed by atoms with Crippen molar-refractivity contribution in [2.24, 2.45) is 0 Å². The van der Waals surface area contributed by atoms with E-state index in [-0.39, 0.29) is 6.15 Å². The third-order valence-corrected chi connectivity index (χ3v) is 0.768. The van der Waals surface area contributed by atoms with Crippen LogP contribution in [0.1, 0.15) is 13.3 Å². The van der Waals surface area contributed by atoms with Crippen LogP contribution in [0.5, 0.6) is 0 Å². The van der Waals surface area contributed by atoms with Gasteiger partial charge in [0.15, 0.2) is 0 Å². The van der Waals surface area contributed by atoms with Crippen LogP contribution in [0, 0.1) is 0 Å². The standard InChI is InChI=1S/C6H10O3.H3N/c1-3-5(7)9-6(8)4-2;/h3,6,8H,1,4H2,2H3;1H3. The molecule has 4 N–H and O–H groups in total. The van der Waals surface area contributed by atoms with Crippen LogP contribution in [0.3, 0.4) is 0 Å². The number of carbonyl (C=O) groups is 1. The number of rotatable bonds is 3. The molecule has 10 heavy (non-hydrogen) atoms. The van der Waals surface area contributed by atoms with E-state index in [4.69, 9.17) is 5.11 Å².